The Labute approximate surface area is 94.2 Å². The summed E-state index contributed by atoms with van der Waals surface area (Å²) in [5.41, 5.74) is 0.196. The number of hydrogen-bond donors (Lipinski definition) is 2. The number of carboxylic acid groups (broad SMARTS) is 1. The first kappa shape index (κ1) is 10.9. The van der Waals surface area contributed by atoms with E-state index < -0.39 is 23.1 Å². The van der Waals surface area contributed by atoms with E-state index in [1.54, 1.807) is 0 Å². The number of carbonyl (C=O) groups excluding carboxylic acids is 1. The lowest BCUT2D eigenvalue weighted by Crippen LogP contribution is -2.11. The van der Waals surface area contributed by atoms with Crippen molar-refractivity contribution in [3.63, 3.8) is 0 Å². The molecule has 0 saturated carbocycles. The maximum absolute atomic E-state index is 11.6. The third-order valence-corrected chi connectivity index (χ3v) is 2.22. The van der Waals surface area contributed by atoms with Gasteiger partial charge in [-0.3, -0.25) is 9.78 Å². The molecule has 0 radical (unpaired) electrons. The zero-order chi connectivity index (χ0) is 12.6. The van der Waals surface area contributed by atoms with Gasteiger partial charge in [0.2, 0.25) is 0 Å². The highest BCUT2D eigenvalue weighted by atomic mass is 16.4. The number of oxazole rings is 1. The van der Waals surface area contributed by atoms with Gasteiger partial charge in [-0.25, -0.2) is 9.59 Å². The number of carboxylic acids is 1. The second-order valence-corrected chi connectivity index (χ2v) is 3.34. The molecule has 0 fully saturated rings. The summed E-state index contributed by atoms with van der Waals surface area (Å²) in [4.78, 5) is 35.5. The van der Waals surface area contributed by atoms with E-state index in [1.807, 2.05) is 0 Å². The lowest BCUT2D eigenvalue weighted by atomic mass is 10.0. The van der Waals surface area contributed by atoms with Gasteiger partial charge < -0.3 is 9.52 Å². The van der Waals surface area contributed by atoms with Crippen LogP contribution in [0, 0.1) is 0 Å². The molecule has 0 atom stereocenters. The number of aromatic nitrogens is 1. The van der Waals surface area contributed by atoms with Crippen molar-refractivity contribution in [1.82, 2.24) is 4.98 Å². The summed E-state index contributed by atoms with van der Waals surface area (Å²) in [6, 6.07) is 4.15. The van der Waals surface area contributed by atoms with Crippen LogP contribution in [0.25, 0.3) is 11.1 Å². The van der Waals surface area contributed by atoms with Crippen molar-refractivity contribution < 1.29 is 19.1 Å². The van der Waals surface area contributed by atoms with Crippen molar-refractivity contribution in [2.45, 2.75) is 0 Å². The molecule has 0 aliphatic rings. The van der Waals surface area contributed by atoms with E-state index in [0.29, 0.717) is 5.52 Å². The van der Waals surface area contributed by atoms with Crippen molar-refractivity contribution in [2.75, 3.05) is 0 Å². The summed E-state index contributed by atoms with van der Waals surface area (Å²) in [7, 11) is 0. The maximum atomic E-state index is 11.6. The molecule has 17 heavy (non-hydrogen) atoms. The topological polar surface area (TPSA) is 100 Å². The van der Waals surface area contributed by atoms with E-state index in [1.165, 1.54) is 18.2 Å². The monoisotopic (exact) mass is 233 g/mol. The van der Waals surface area contributed by atoms with Gasteiger partial charge in [-0.15, -0.1) is 0 Å². The van der Waals surface area contributed by atoms with Gasteiger partial charge in [0.05, 0.1) is 5.52 Å². The average Bonchev–Trinajstić information content (AvgIpc) is 2.65. The summed E-state index contributed by atoms with van der Waals surface area (Å²) >= 11 is 0. The number of H-pyrrole nitrogens is 1. The number of Topliss-reactive ketones (excluding diaryl/α,β-unsaturated/α-hetero) is 1. The molecule has 0 bridgehead atoms. The normalized spacial score (nSPS) is 10.4. The molecule has 0 aliphatic carbocycles. The average molecular weight is 233 g/mol. The molecule has 6 nitrogen and oxygen atoms in total. The lowest BCUT2D eigenvalue weighted by Gasteiger charge is -1.99. The molecule has 0 amide bonds. The van der Waals surface area contributed by atoms with Crippen molar-refractivity contribution in [3.8, 4) is 0 Å². The zero-order valence-corrected chi connectivity index (χ0v) is 8.52. The number of hydrogen-bond acceptors (Lipinski definition) is 4. The smallest absolute Gasteiger partial charge is 0.417 e. The molecule has 6 heteroatoms. The second kappa shape index (κ2) is 3.75. The number of fused-ring (bicyclic) bond motifs is 1. The highest BCUT2D eigenvalue weighted by molar-refractivity contribution is 6.23. The Bertz CT molecular complexity index is 691. The zero-order valence-electron chi connectivity index (χ0n) is 8.52. The van der Waals surface area contributed by atoms with Gasteiger partial charge in [-0.2, -0.15) is 0 Å². The Morgan fingerprint density at radius 2 is 2.06 bits per heavy atom. The molecule has 1 heterocycles. The van der Waals surface area contributed by atoms with Crippen molar-refractivity contribution in [3.05, 3.63) is 46.5 Å². The quantitative estimate of drug-likeness (QED) is 0.355. The van der Waals surface area contributed by atoms with Crippen LogP contribution in [0.3, 0.4) is 0 Å². The van der Waals surface area contributed by atoms with Crippen LogP contribution in [0.4, 0.5) is 0 Å². The van der Waals surface area contributed by atoms with Crippen LogP contribution in [0.5, 0.6) is 0 Å². The van der Waals surface area contributed by atoms with Crippen LogP contribution in [-0.4, -0.2) is 21.8 Å². The Hall–Kier alpha value is -2.63. The van der Waals surface area contributed by atoms with Gasteiger partial charge >= 0.3 is 11.7 Å². The van der Waals surface area contributed by atoms with Crippen LogP contribution in [-0.2, 0) is 4.79 Å². The van der Waals surface area contributed by atoms with E-state index in [9.17, 15) is 14.4 Å². The summed E-state index contributed by atoms with van der Waals surface area (Å²) < 4.78 is 4.76. The van der Waals surface area contributed by atoms with Crippen molar-refractivity contribution in [2.24, 2.45) is 0 Å². The summed E-state index contributed by atoms with van der Waals surface area (Å²) in [5.74, 6) is -2.74. The predicted molar refractivity (Wildman–Crippen MR) is 57.9 cm³/mol. The molecule has 86 valence electrons. The number of aromatic amines is 1. The fourth-order valence-electron chi connectivity index (χ4n) is 1.36. The number of nitrogens with one attached hydrogen (secondary N) is 1. The number of benzene rings is 1. The Morgan fingerprint density at radius 1 is 1.35 bits per heavy atom. The minimum Gasteiger partial charge on any atom is -0.478 e. The van der Waals surface area contributed by atoms with Crippen LogP contribution < -0.4 is 5.76 Å². The SMILES string of the molecule is C=C(C(=O)O)C(=O)c1ccc2[nH]c(=O)oc2c1. The predicted octanol–water partition coefficient (Wildman–Crippen LogP) is 0.945. The molecule has 2 N–H and O–H groups in total. The third-order valence-electron chi connectivity index (χ3n) is 2.22. The molecule has 0 aliphatic heterocycles. The number of ketones is 1. The van der Waals surface area contributed by atoms with Gasteiger partial charge in [0, 0.05) is 5.56 Å². The van der Waals surface area contributed by atoms with Crippen LogP contribution in [0.2, 0.25) is 0 Å². The van der Waals surface area contributed by atoms with Crippen molar-refractivity contribution in [1.29, 1.82) is 0 Å². The largest absolute Gasteiger partial charge is 0.478 e. The second-order valence-electron chi connectivity index (χ2n) is 3.34. The Kier molecular flexibility index (Phi) is 2.40. The summed E-state index contributed by atoms with van der Waals surface area (Å²) in [6.07, 6.45) is 0. The number of carbonyl (C=O) groups is 2. The fourth-order valence-corrected chi connectivity index (χ4v) is 1.36. The van der Waals surface area contributed by atoms with E-state index in [0.717, 1.165) is 0 Å². The maximum Gasteiger partial charge on any atom is 0.417 e. The van der Waals surface area contributed by atoms with Crippen LogP contribution in [0.1, 0.15) is 10.4 Å². The molecule has 2 aromatic rings. The minimum absolute atomic E-state index is 0.104. The first-order chi connectivity index (χ1) is 7.99. The molecule has 1 aromatic heterocycles. The first-order valence-corrected chi connectivity index (χ1v) is 4.59. The van der Waals surface area contributed by atoms with Gasteiger partial charge in [0.25, 0.3) is 0 Å². The van der Waals surface area contributed by atoms with Crippen molar-refractivity contribution >= 4 is 22.9 Å². The number of rotatable bonds is 3. The molecular weight excluding hydrogens is 226 g/mol. The van der Waals surface area contributed by atoms with Gasteiger partial charge in [-0.05, 0) is 18.2 Å². The number of aliphatic carboxylic acids is 1. The van der Waals surface area contributed by atoms with E-state index >= 15 is 0 Å². The van der Waals surface area contributed by atoms with Gasteiger partial charge in [-0.1, -0.05) is 6.58 Å². The lowest BCUT2D eigenvalue weighted by molar-refractivity contribution is -0.132. The van der Waals surface area contributed by atoms with Gasteiger partial charge in [0.15, 0.2) is 11.4 Å². The van der Waals surface area contributed by atoms with E-state index in [-0.39, 0.29) is 11.1 Å². The Morgan fingerprint density at radius 3 is 2.71 bits per heavy atom. The van der Waals surface area contributed by atoms with Crippen LogP contribution >= 0.6 is 0 Å². The third kappa shape index (κ3) is 1.87. The van der Waals surface area contributed by atoms with Gasteiger partial charge in [0.1, 0.15) is 5.57 Å². The summed E-state index contributed by atoms with van der Waals surface area (Å²) in [5, 5.41) is 8.63. The molecular formula is C11H7NO5. The van der Waals surface area contributed by atoms with E-state index in [4.69, 9.17) is 9.52 Å². The van der Waals surface area contributed by atoms with Crippen LogP contribution in [0.15, 0.2) is 39.6 Å². The molecule has 0 spiro atoms. The molecule has 2 rings (SSSR count). The standard InChI is InChI=1S/C11H7NO5/c1-5(10(14)15)9(13)6-2-3-7-8(4-6)17-11(16)12-7/h2-4H,1H2,(H,12,16)(H,14,15). The molecule has 0 saturated heterocycles. The van der Waals surface area contributed by atoms with E-state index in [2.05, 4.69) is 11.6 Å². The minimum atomic E-state index is -1.38. The highest BCUT2D eigenvalue weighted by Crippen LogP contribution is 2.15. The Balaban J connectivity index is 2.49. The first-order valence-electron chi connectivity index (χ1n) is 4.59. The summed E-state index contributed by atoms with van der Waals surface area (Å²) in [6.45, 7) is 3.17. The highest BCUT2D eigenvalue weighted by Gasteiger charge is 2.17. The molecule has 0 unspecified atom stereocenters. The fraction of sp³-hybridized carbons (Fsp3) is 0. The molecule has 1 aromatic carbocycles.